The highest BCUT2D eigenvalue weighted by Gasteiger charge is 2.28. The van der Waals surface area contributed by atoms with Crippen molar-refractivity contribution < 1.29 is 19.1 Å². The van der Waals surface area contributed by atoms with Crippen molar-refractivity contribution in [3.05, 3.63) is 35.9 Å². The Hall–Kier alpha value is -1.92. The van der Waals surface area contributed by atoms with Crippen LogP contribution < -0.4 is 11.1 Å². The number of rotatable bonds is 4. The SMILES string of the molecule is COC(c1ccccc1)[C@H](N)C(=O)NC(=O)OC(C)(C)C. The molecule has 116 valence electrons. The fourth-order valence-corrected chi connectivity index (χ4v) is 1.76. The van der Waals surface area contributed by atoms with E-state index in [1.165, 1.54) is 7.11 Å². The van der Waals surface area contributed by atoms with Crippen molar-refractivity contribution in [1.82, 2.24) is 5.32 Å². The lowest BCUT2D eigenvalue weighted by Crippen LogP contribution is -2.48. The molecule has 0 saturated carbocycles. The van der Waals surface area contributed by atoms with E-state index in [9.17, 15) is 9.59 Å². The van der Waals surface area contributed by atoms with Crippen LogP contribution in [0.1, 0.15) is 32.4 Å². The number of hydrogen-bond donors (Lipinski definition) is 2. The molecule has 1 aromatic carbocycles. The average molecular weight is 294 g/mol. The third-order valence-electron chi connectivity index (χ3n) is 2.64. The van der Waals surface area contributed by atoms with E-state index >= 15 is 0 Å². The molecular formula is C15H22N2O4. The van der Waals surface area contributed by atoms with Gasteiger partial charge in [0.25, 0.3) is 0 Å². The molecule has 6 heteroatoms. The minimum Gasteiger partial charge on any atom is -0.444 e. The van der Waals surface area contributed by atoms with Crippen molar-refractivity contribution in [2.45, 2.75) is 38.5 Å². The topological polar surface area (TPSA) is 90.6 Å². The van der Waals surface area contributed by atoms with Gasteiger partial charge in [0.1, 0.15) is 17.7 Å². The maximum Gasteiger partial charge on any atom is 0.414 e. The smallest absolute Gasteiger partial charge is 0.414 e. The van der Waals surface area contributed by atoms with Gasteiger partial charge in [-0.3, -0.25) is 10.1 Å². The summed E-state index contributed by atoms with van der Waals surface area (Å²) < 4.78 is 10.3. The van der Waals surface area contributed by atoms with Crippen LogP contribution in [0.3, 0.4) is 0 Å². The fourth-order valence-electron chi connectivity index (χ4n) is 1.76. The number of carbonyl (C=O) groups excluding carboxylic acids is 2. The molecule has 3 N–H and O–H groups in total. The Morgan fingerprint density at radius 2 is 1.76 bits per heavy atom. The van der Waals surface area contributed by atoms with Crippen molar-refractivity contribution in [3.63, 3.8) is 0 Å². The molecule has 0 aromatic heterocycles. The first-order valence-electron chi connectivity index (χ1n) is 6.62. The van der Waals surface area contributed by atoms with E-state index in [0.29, 0.717) is 0 Å². The van der Waals surface area contributed by atoms with Crippen LogP contribution >= 0.6 is 0 Å². The maximum atomic E-state index is 12.0. The molecule has 2 amide bonds. The average Bonchev–Trinajstić information content (AvgIpc) is 2.38. The van der Waals surface area contributed by atoms with Crippen LogP contribution in [0.4, 0.5) is 4.79 Å². The monoisotopic (exact) mass is 294 g/mol. The van der Waals surface area contributed by atoms with Gasteiger partial charge in [0.2, 0.25) is 5.91 Å². The number of benzene rings is 1. The van der Waals surface area contributed by atoms with Crippen LogP contribution in [-0.4, -0.2) is 30.8 Å². The van der Waals surface area contributed by atoms with E-state index in [0.717, 1.165) is 5.56 Å². The van der Waals surface area contributed by atoms with Crippen molar-refractivity contribution in [2.24, 2.45) is 5.73 Å². The molecule has 21 heavy (non-hydrogen) atoms. The largest absolute Gasteiger partial charge is 0.444 e. The van der Waals surface area contributed by atoms with Crippen LogP contribution in [0.15, 0.2) is 30.3 Å². The Labute approximate surface area is 124 Å². The Balaban J connectivity index is 2.70. The number of carbonyl (C=O) groups is 2. The molecule has 0 aliphatic rings. The molecule has 0 saturated heterocycles. The highest BCUT2D eigenvalue weighted by atomic mass is 16.6. The summed E-state index contributed by atoms with van der Waals surface area (Å²) in [6.07, 6.45) is -1.47. The van der Waals surface area contributed by atoms with Crippen LogP contribution in [-0.2, 0) is 14.3 Å². The minimum atomic E-state index is -1.02. The summed E-state index contributed by atoms with van der Waals surface area (Å²) in [5.41, 5.74) is 5.94. The van der Waals surface area contributed by atoms with Crippen LogP contribution in [0.2, 0.25) is 0 Å². The molecule has 0 spiro atoms. The first kappa shape index (κ1) is 17.1. The number of imide groups is 1. The lowest BCUT2D eigenvalue weighted by atomic mass is 10.0. The highest BCUT2D eigenvalue weighted by molar-refractivity contribution is 5.95. The van der Waals surface area contributed by atoms with Gasteiger partial charge in [-0.15, -0.1) is 0 Å². The summed E-state index contributed by atoms with van der Waals surface area (Å²) in [5.74, 6) is -0.653. The van der Waals surface area contributed by atoms with E-state index in [-0.39, 0.29) is 0 Å². The normalized spacial score (nSPS) is 14.1. The molecule has 1 unspecified atom stereocenters. The van der Waals surface area contributed by atoms with Crippen LogP contribution in [0, 0.1) is 0 Å². The van der Waals surface area contributed by atoms with E-state index in [1.807, 2.05) is 18.2 Å². The van der Waals surface area contributed by atoms with Crippen LogP contribution in [0.5, 0.6) is 0 Å². The lowest BCUT2D eigenvalue weighted by Gasteiger charge is -2.23. The summed E-state index contributed by atoms with van der Waals surface area (Å²) in [6.45, 7) is 5.12. The van der Waals surface area contributed by atoms with Gasteiger partial charge >= 0.3 is 6.09 Å². The summed E-state index contributed by atoms with van der Waals surface area (Å²) in [5, 5.41) is 2.12. The zero-order valence-electron chi connectivity index (χ0n) is 12.8. The van der Waals surface area contributed by atoms with Gasteiger partial charge in [0, 0.05) is 7.11 Å². The van der Waals surface area contributed by atoms with Crippen molar-refractivity contribution in [2.75, 3.05) is 7.11 Å². The fraction of sp³-hybridized carbons (Fsp3) is 0.467. The van der Waals surface area contributed by atoms with Gasteiger partial charge < -0.3 is 15.2 Å². The van der Waals surface area contributed by atoms with E-state index < -0.39 is 29.7 Å². The third-order valence-corrected chi connectivity index (χ3v) is 2.64. The number of methoxy groups -OCH3 is 1. The molecule has 1 aromatic rings. The molecule has 2 atom stereocenters. The van der Waals surface area contributed by atoms with Gasteiger partial charge in [-0.2, -0.15) is 0 Å². The number of amides is 2. The van der Waals surface area contributed by atoms with Crippen molar-refractivity contribution in [1.29, 1.82) is 0 Å². The van der Waals surface area contributed by atoms with E-state index in [4.69, 9.17) is 15.2 Å². The summed E-state index contributed by atoms with van der Waals surface area (Å²) in [4.78, 5) is 23.6. The maximum absolute atomic E-state index is 12.0. The van der Waals surface area contributed by atoms with E-state index in [1.54, 1.807) is 32.9 Å². The van der Waals surface area contributed by atoms with Gasteiger partial charge in [0.15, 0.2) is 0 Å². The molecule has 0 aliphatic heterocycles. The molecule has 0 heterocycles. The Morgan fingerprint density at radius 1 is 1.19 bits per heavy atom. The Kier molecular flexibility index (Phi) is 5.87. The molecular weight excluding hydrogens is 272 g/mol. The van der Waals surface area contributed by atoms with Gasteiger partial charge in [-0.1, -0.05) is 30.3 Å². The third kappa shape index (κ3) is 5.53. The first-order chi connectivity index (χ1) is 9.74. The predicted molar refractivity (Wildman–Crippen MR) is 78.5 cm³/mol. The second kappa shape index (κ2) is 7.19. The minimum absolute atomic E-state index is 0.645. The number of nitrogens with two attached hydrogens (primary N) is 1. The van der Waals surface area contributed by atoms with Crippen molar-refractivity contribution in [3.8, 4) is 0 Å². The summed E-state index contributed by atoms with van der Waals surface area (Å²) in [7, 11) is 1.46. The van der Waals surface area contributed by atoms with Gasteiger partial charge in [0.05, 0.1) is 0 Å². The lowest BCUT2D eigenvalue weighted by molar-refractivity contribution is -0.125. The Bertz CT molecular complexity index is 482. The zero-order chi connectivity index (χ0) is 16.0. The molecule has 1 rings (SSSR count). The number of hydrogen-bond acceptors (Lipinski definition) is 5. The van der Waals surface area contributed by atoms with Gasteiger partial charge in [-0.05, 0) is 26.3 Å². The number of ether oxygens (including phenoxy) is 2. The predicted octanol–water partition coefficient (Wildman–Crippen LogP) is 1.75. The first-order valence-corrected chi connectivity index (χ1v) is 6.62. The quantitative estimate of drug-likeness (QED) is 0.883. The van der Waals surface area contributed by atoms with E-state index in [2.05, 4.69) is 5.32 Å². The molecule has 6 nitrogen and oxygen atoms in total. The molecule has 0 fully saturated rings. The molecule has 0 radical (unpaired) electrons. The number of nitrogens with one attached hydrogen (secondary N) is 1. The second-order valence-corrected chi connectivity index (χ2v) is 5.58. The van der Waals surface area contributed by atoms with Crippen LogP contribution in [0.25, 0.3) is 0 Å². The van der Waals surface area contributed by atoms with Crippen molar-refractivity contribution >= 4 is 12.0 Å². The summed E-state index contributed by atoms with van der Waals surface area (Å²) in [6, 6.07) is 8.07. The molecule has 0 aliphatic carbocycles. The highest BCUT2D eigenvalue weighted by Crippen LogP contribution is 2.19. The van der Waals surface area contributed by atoms with Gasteiger partial charge in [-0.25, -0.2) is 4.79 Å². The standard InChI is InChI=1S/C15H22N2O4/c1-15(2,3)21-14(19)17-13(18)11(16)12(20-4)10-8-6-5-7-9-10/h5-9,11-12H,16H2,1-4H3,(H,17,18,19)/t11-,12?/m0/s1. The Morgan fingerprint density at radius 3 is 2.24 bits per heavy atom. The summed E-state index contributed by atoms with van der Waals surface area (Å²) >= 11 is 0. The number of alkyl carbamates (subject to hydrolysis) is 1. The molecule has 0 bridgehead atoms. The zero-order valence-corrected chi connectivity index (χ0v) is 12.8. The second-order valence-electron chi connectivity index (χ2n) is 5.58.